The second kappa shape index (κ2) is 6.84. The molecule has 0 saturated heterocycles. The average Bonchev–Trinajstić information content (AvgIpc) is 2.21. The molecule has 0 aliphatic carbocycles. The SMILES string of the molecule is CC.Cc1ccc(C)c(SCC(F)(F)F)c1. The van der Waals surface area contributed by atoms with Gasteiger partial charge in [-0.15, -0.1) is 11.8 Å². The summed E-state index contributed by atoms with van der Waals surface area (Å²) in [7, 11) is 0. The fraction of sp³-hybridized carbons (Fsp3) is 0.500. The van der Waals surface area contributed by atoms with Gasteiger partial charge in [0.05, 0.1) is 5.75 Å². The van der Waals surface area contributed by atoms with E-state index in [0.29, 0.717) is 4.90 Å². The second-order valence-corrected chi connectivity index (χ2v) is 4.19. The molecular formula is C12H17F3S. The zero-order chi connectivity index (χ0) is 12.8. The van der Waals surface area contributed by atoms with E-state index >= 15 is 0 Å². The van der Waals surface area contributed by atoms with E-state index in [1.165, 1.54) is 0 Å². The van der Waals surface area contributed by atoms with E-state index in [1.54, 1.807) is 6.07 Å². The number of aryl methyl sites for hydroxylation is 2. The summed E-state index contributed by atoms with van der Waals surface area (Å²) in [6.07, 6.45) is -4.10. The molecule has 1 aromatic carbocycles. The van der Waals surface area contributed by atoms with Crippen molar-refractivity contribution < 1.29 is 13.2 Å². The predicted octanol–water partition coefficient (Wildman–Crippen LogP) is 4.98. The van der Waals surface area contributed by atoms with Crippen molar-refractivity contribution >= 4 is 11.8 Å². The van der Waals surface area contributed by atoms with Gasteiger partial charge in [-0.3, -0.25) is 0 Å². The van der Waals surface area contributed by atoms with Crippen molar-refractivity contribution in [1.29, 1.82) is 0 Å². The largest absolute Gasteiger partial charge is 0.398 e. The van der Waals surface area contributed by atoms with Crippen molar-refractivity contribution in [1.82, 2.24) is 0 Å². The van der Waals surface area contributed by atoms with Crippen LogP contribution in [0.3, 0.4) is 0 Å². The van der Waals surface area contributed by atoms with Crippen molar-refractivity contribution in [2.75, 3.05) is 5.75 Å². The summed E-state index contributed by atoms with van der Waals surface area (Å²) >= 11 is 0.843. The Hall–Kier alpha value is -0.640. The monoisotopic (exact) mass is 250 g/mol. The van der Waals surface area contributed by atoms with Gasteiger partial charge in [-0.2, -0.15) is 13.2 Å². The van der Waals surface area contributed by atoms with Crippen LogP contribution in [0.25, 0.3) is 0 Å². The predicted molar refractivity (Wildman–Crippen MR) is 64.0 cm³/mol. The molecule has 0 unspecified atom stereocenters. The number of halogens is 3. The van der Waals surface area contributed by atoms with Crippen LogP contribution in [-0.2, 0) is 0 Å². The summed E-state index contributed by atoms with van der Waals surface area (Å²) in [5.74, 6) is -0.822. The van der Waals surface area contributed by atoms with Crippen molar-refractivity contribution in [3.05, 3.63) is 29.3 Å². The maximum Gasteiger partial charge on any atom is 0.398 e. The normalized spacial score (nSPS) is 10.7. The van der Waals surface area contributed by atoms with E-state index in [0.717, 1.165) is 22.9 Å². The average molecular weight is 250 g/mol. The molecule has 0 aliphatic rings. The Labute approximate surface area is 99.2 Å². The van der Waals surface area contributed by atoms with E-state index in [9.17, 15) is 13.2 Å². The van der Waals surface area contributed by atoms with Crippen LogP contribution in [0.4, 0.5) is 13.2 Å². The third kappa shape index (κ3) is 6.05. The zero-order valence-corrected chi connectivity index (χ0v) is 10.8. The molecule has 0 aromatic heterocycles. The first kappa shape index (κ1) is 15.4. The number of thioether (sulfide) groups is 1. The van der Waals surface area contributed by atoms with Gasteiger partial charge in [0.25, 0.3) is 0 Å². The van der Waals surface area contributed by atoms with E-state index in [4.69, 9.17) is 0 Å². The lowest BCUT2D eigenvalue weighted by Crippen LogP contribution is -2.10. The lowest BCUT2D eigenvalue weighted by molar-refractivity contribution is -0.105. The van der Waals surface area contributed by atoms with Gasteiger partial charge in [0.1, 0.15) is 0 Å². The number of alkyl halides is 3. The summed E-state index contributed by atoms with van der Waals surface area (Å²) < 4.78 is 35.9. The van der Waals surface area contributed by atoms with Crippen molar-refractivity contribution in [2.45, 2.75) is 38.8 Å². The first-order chi connectivity index (χ1) is 7.38. The third-order valence-electron chi connectivity index (χ3n) is 1.73. The number of rotatable bonds is 2. The third-order valence-corrected chi connectivity index (χ3v) is 2.96. The zero-order valence-electron chi connectivity index (χ0n) is 9.98. The van der Waals surface area contributed by atoms with Crippen LogP contribution in [0.5, 0.6) is 0 Å². The van der Waals surface area contributed by atoms with Crippen LogP contribution >= 0.6 is 11.8 Å². The Bertz CT molecular complexity index is 319. The van der Waals surface area contributed by atoms with Gasteiger partial charge in [-0.1, -0.05) is 31.5 Å². The molecule has 1 rings (SSSR count). The molecule has 0 atom stereocenters. The highest BCUT2D eigenvalue weighted by molar-refractivity contribution is 7.99. The summed E-state index contributed by atoms with van der Waals surface area (Å²) in [5.41, 5.74) is 1.88. The molecule has 1 aromatic rings. The van der Waals surface area contributed by atoms with Crippen LogP contribution in [0.15, 0.2) is 23.1 Å². The number of hydrogen-bond donors (Lipinski definition) is 0. The minimum atomic E-state index is -4.10. The minimum Gasteiger partial charge on any atom is -0.170 e. The van der Waals surface area contributed by atoms with Crippen molar-refractivity contribution in [3.8, 4) is 0 Å². The maximum absolute atomic E-state index is 12.0. The minimum absolute atomic E-state index is 0.710. The Morgan fingerprint density at radius 3 is 2.19 bits per heavy atom. The van der Waals surface area contributed by atoms with Gasteiger partial charge in [0.2, 0.25) is 0 Å². The Kier molecular flexibility index (Phi) is 6.56. The molecule has 4 heteroatoms. The van der Waals surface area contributed by atoms with E-state index in [-0.39, 0.29) is 0 Å². The summed E-state index contributed by atoms with van der Waals surface area (Å²) in [5, 5.41) is 0. The molecule has 0 nitrogen and oxygen atoms in total. The number of hydrogen-bond acceptors (Lipinski definition) is 1. The van der Waals surface area contributed by atoms with Crippen LogP contribution in [0.1, 0.15) is 25.0 Å². The molecule has 0 bridgehead atoms. The quantitative estimate of drug-likeness (QED) is 0.667. The fourth-order valence-electron chi connectivity index (χ4n) is 1.02. The molecule has 0 heterocycles. The molecule has 0 radical (unpaired) electrons. The highest BCUT2D eigenvalue weighted by Crippen LogP contribution is 2.29. The summed E-state index contributed by atoms with van der Waals surface area (Å²) in [6.45, 7) is 7.69. The first-order valence-electron chi connectivity index (χ1n) is 5.15. The summed E-state index contributed by atoms with van der Waals surface area (Å²) in [6, 6.07) is 5.52. The lowest BCUT2D eigenvalue weighted by atomic mass is 10.2. The smallest absolute Gasteiger partial charge is 0.170 e. The highest BCUT2D eigenvalue weighted by Gasteiger charge is 2.27. The maximum atomic E-state index is 12.0. The molecule has 0 aliphatic heterocycles. The highest BCUT2D eigenvalue weighted by atomic mass is 32.2. The van der Waals surface area contributed by atoms with Crippen LogP contribution < -0.4 is 0 Å². The molecule has 16 heavy (non-hydrogen) atoms. The Morgan fingerprint density at radius 2 is 1.69 bits per heavy atom. The van der Waals surface area contributed by atoms with Gasteiger partial charge in [-0.25, -0.2) is 0 Å². The van der Waals surface area contributed by atoms with Crippen molar-refractivity contribution in [2.24, 2.45) is 0 Å². The van der Waals surface area contributed by atoms with Gasteiger partial charge in [0.15, 0.2) is 0 Å². The van der Waals surface area contributed by atoms with Gasteiger partial charge >= 0.3 is 6.18 Å². The van der Waals surface area contributed by atoms with Crippen LogP contribution in [0.2, 0.25) is 0 Å². The van der Waals surface area contributed by atoms with Crippen LogP contribution in [0, 0.1) is 13.8 Å². The van der Waals surface area contributed by atoms with Crippen LogP contribution in [-0.4, -0.2) is 11.9 Å². The molecule has 92 valence electrons. The molecule has 0 spiro atoms. The topological polar surface area (TPSA) is 0 Å². The molecule has 0 fully saturated rings. The lowest BCUT2D eigenvalue weighted by Gasteiger charge is -2.08. The van der Waals surface area contributed by atoms with E-state index < -0.39 is 11.9 Å². The van der Waals surface area contributed by atoms with Gasteiger partial charge < -0.3 is 0 Å². The molecule has 0 amide bonds. The summed E-state index contributed by atoms with van der Waals surface area (Å²) in [4.78, 5) is 0.710. The van der Waals surface area contributed by atoms with E-state index in [2.05, 4.69) is 0 Å². The van der Waals surface area contributed by atoms with Crippen molar-refractivity contribution in [3.63, 3.8) is 0 Å². The Morgan fingerprint density at radius 1 is 1.12 bits per heavy atom. The van der Waals surface area contributed by atoms with Gasteiger partial charge in [0, 0.05) is 4.90 Å². The molecule has 0 saturated carbocycles. The molecule has 0 N–H and O–H groups in total. The second-order valence-electron chi connectivity index (χ2n) is 3.17. The number of benzene rings is 1. The van der Waals surface area contributed by atoms with E-state index in [1.807, 2.05) is 39.8 Å². The first-order valence-corrected chi connectivity index (χ1v) is 6.14. The fourth-order valence-corrected chi connectivity index (χ4v) is 1.91. The standard InChI is InChI=1S/C10H11F3S.C2H6/c1-7-3-4-8(2)9(5-7)14-6-10(11,12)13;1-2/h3-5H,6H2,1-2H3;1-2H3. The van der Waals surface area contributed by atoms with Gasteiger partial charge in [-0.05, 0) is 25.5 Å². The Balaban J connectivity index is 0.00000106. The molecular weight excluding hydrogens is 233 g/mol.